The van der Waals surface area contributed by atoms with Crippen molar-refractivity contribution in [3.05, 3.63) is 59.7 Å². The third-order valence-corrected chi connectivity index (χ3v) is 3.23. The molecule has 0 atom stereocenters. The number of benzene rings is 2. The van der Waals surface area contributed by atoms with Gasteiger partial charge in [-0.2, -0.15) is 0 Å². The van der Waals surface area contributed by atoms with Crippen LogP contribution >= 0.6 is 0 Å². The van der Waals surface area contributed by atoms with Gasteiger partial charge in [0.25, 0.3) is 0 Å². The van der Waals surface area contributed by atoms with Crippen LogP contribution in [0.2, 0.25) is 0 Å². The van der Waals surface area contributed by atoms with E-state index in [4.69, 9.17) is 29.3 Å². The van der Waals surface area contributed by atoms with E-state index in [1.54, 1.807) is 7.11 Å². The molecule has 3 N–H and O–H groups in total. The summed E-state index contributed by atoms with van der Waals surface area (Å²) in [5.74, 6) is -1.84. The van der Waals surface area contributed by atoms with E-state index in [0.717, 1.165) is 24.6 Å². The van der Waals surface area contributed by atoms with E-state index in [0.29, 0.717) is 6.61 Å². The monoisotopic (exact) mass is 361 g/mol. The Morgan fingerprint density at radius 1 is 0.846 bits per heavy atom. The molecular formula is C19H23NO6. The van der Waals surface area contributed by atoms with Crippen molar-refractivity contribution in [1.29, 1.82) is 0 Å². The van der Waals surface area contributed by atoms with Crippen LogP contribution in [0.5, 0.6) is 11.5 Å². The lowest BCUT2D eigenvalue weighted by Crippen LogP contribution is -2.12. The van der Waals surface area contributed by atoms with E-state index < -0.39 is 11.9 Å². The first-order chi connectivity index (χ1) is 12.5. The maximum absolute atomic E-state index is 9.10. The lowest BCUT2D eigenvalue weighted by atomic mass is 10.2. The van der Waals surface area contributed by atoms with Gasteiger partial charge in [-0.1, -0.05) is 24.3 Å². The molecular weight excluding hydrogens is 338 g/mol. The molecule has 2 aromatic rings. The van der Waals surface area contributed by atoms with Crippen LogP contribution in [0.25, 0.3) is 0 Å². The lowest BCUT2D eigenvalue weighted by Gasteiger charge is -2.07. The van der Waals surface area contributed by atoms with Crippen LogP contribution < -0.4 is 14.8 Å². The molecule has 0 unspecified atom stereocenters. The second-order valence-electron chi connectivity index (χ2n) is 5.14. The maximum atomic E-state index is 9.10. The molecule has 0 fully saturated rings. The Labute approximate surface area is 152 Å². The minimum Gasteiger partial charge on any atom is -0.497 e. The summed E-state index contributed by atoms with van der Waals surface area (Å²) in [6.45, 7) is 4.38. The van der Waals surface area contributed by atoms with E-state index in [1.807, 2.05) is 31.2 Å². The third kappa shape index (κ3) is 8.16. The van der Waals surface area contributed by atoms with Gasteiger partial charge in [-0.15, -0.1) is 0 Å². The van der Waals surface area contributed by atoms with Gasteiger partial charge in [-0.05, 0) is 42.3 Å². The average molecular weight is 361 g/mol. The smallest absolute Gasteiger partial charge is 0.414 e. The molecule has 0 aromatic heterocycles. The summed E-state index contributed by atoms with van der Waals surface area (Å²) in [7, 11) is 1.68. The SMILES string of the molecule is CCOc1ccc(CNCc2ccc(OC)cc2)cc1.O=C(O)C(=O)O. The molecule has 0 radical (unpaired) electrons. The second-order valence-corrected chi connectivity index (χ2v) is 5.14. The minimum absolute atomic E-state index is 0.703. The van der Waals surface area contributed by atoms with Crippen molar-refractivity contribution in [3.8, 4) is 11.5 Å². The molecule has 0 aliphatic carbocycles. The van der Waals surface area contributed by atoms with Gasteiger partial charge < -0.3 is 25.0 Å². The molecule has 0 aliphatic rings. The van der Waals surface area contributed by atoms with Gasteiger partial charge in [-0.25, -0.2) is 9.59 Å². The Morgan fingerprint density at radius 3 is 1.62 bits per heavy atom. The quantitative estimate of drug-likeness (QED) is 0.651. The Balaban J connectivity index is 0.000000487. The van der Waals surface area contributed by atoms with Crippen LogP contribution in [-0.4, -0.2) is 35.9 Å². The van der Waals surface area contributed by atoms with Gasteiger partial charge in [0.1, 0.15) is 11.5 Å². The van der Waals surface area contributed by atoms with Crippen molar-refractivity contribution in [2.75, 3.05) is 13.7 Å². The van der Waals surface area contributed by atoms with Crippen molar-refractivity contribution in [2.24, 2.45) is 0 Å². The summed E-state index contributed by atoms with van der Waals surface area (Å²) in [5, 5.41) is 18.2. The number of carboxylic acid groups (broad SMARTS) is 2. The molecule has 7 heteroatoms. The minimum atomic E-state index is -1.82. The van der Waals surface area contributed by atoms with E-state index in [9.17, 15) is 0 Å². The maximum Gasteiger partial charge on any atom is 0.414 e. The largest absolute Gasteiger partial charge is 0.497 e. The molecule has 2 rings (SSSR count). The van der Waals surface area contributed by atoms with E-state index in [1.165, 1.54) is 11.1 Å². The Bertz CT molecular complexity index is 670. The predicted octanol–water partition coefficient (Wildman–Crippen LogP) is 2.54. The van der Waals surface area contributed by atoms with Gasteiger partial charge in [0.15, 0.2) is 0 Å². The van der Waals surface area contributed by atoms with Crippen molar-refractivity contribution < 1.29 is 29.3 Å². The fourth-order valence-corrected chi connectivity index (χ4v) is 1.96. The highest BCUT2D eigenvalue weighted by Gasteiger charge is 2.04. The van der Waals surface area contributed by atoms with Gasteiger partial charge >= 0.3 is 11.9 Å². The first kappa shape index (κ1) is 21.0. The van der Waals surface area contributed by atoms with Gasteiger partial charge in [0.05, 0.1) is 13.7 Å². The molecule has 0 amide bonds. The number of hydrogen-bond acceptors (Lipinski definition) is 5. The first-order valence-corrected chi connectivity index (χ1v) is 7.97. The van der Waals surface area contributed by atoms with Crippen LogP contribution in [0, 0.1) is 0 Å². The Morgan fingerprint density at radius 2 is 1.27 bits per heavy atom. The zero-order valence-corrected chi connectivity index (χ0v) is 14.8. The summed E-state index contributed by atoms with van der Waals surface area (Å²) in [6.07, 6.45) is 0. The van der Waals surface area contributed by atoms with Gasteiger partial charge in [0, 0.05) is 13.1 Å². The van der Waals surface area contributed by atoms with Crippen LogP contribution in [-0.2, 0) is 22.7 Å². The Kier molecular flexibility index (Phi) is 9.27. The molecule has 26 heavy (non-hydrogen) atoms. The van der Waals surface area contributed by atoms with Crippen molar-refractivity contribution in [3.63, 3.8) is 0 Å². The molecule has 0 heterocycles. The highest BCUT2D eigenvalue weighted by molar-refractivity contribution is 6.27. The molecule has 7 nitrogen and oxygen atoms in total. The second kappa shape index (κ2) is 11.5. The number of hydrogen-bond donors (Lipinski definition) is 3. The average Bonchev–Trinajstić information content (AvgIpc) is 2.64. The Hall–Kier alpha value is -3.06. The number of nitrogens with one attached hydrogen (secondary N) is 1. The topological polar surface area (TPSA) is 105 Å². The van der Waals surface area contributed by atoms with Gasteiger partial charge in [0.2, 0.25) is 0 Å². The molecule has 0 spiro atoms. The number of ether oxygens (including phenoxy) is 2. The highest BCUT2D eigenvalue weighted by Crippen LogP contribution is 2.13. The summed E-state index contributed by atoms with van der Waals surface area (Å²) >= 11 is 0. The fraction of sp³-hybridized carbons (Fsp3) is 0.263. The zero-order chi connectivity index (χ0) is 19.4. The van der Waals surface area contributed by atoms with Crippen LogP contribution in [0.3, 0.4) is 0 Å². The third-order valence-electron chi connectivity index (χ3n) is 3.23. The van der Waals surface area contributed by atoms with Crippen LogP contribution in [0.15, 0.2) is 48.5 Å². The van der Waals surface area contributed by atoms with E-state index >= 15 is 0 Å². The van der Waals surface area contributed by atoms with Crippen molar-refractivity contribution in [1.82, 2.24) is 5.32 Å². The summed E-state index contributed by atoms with van der Waals surface area (Å²) in [4.78, 5) is 18.2. The standard InChI is InChI=1S/C17H21NO2.C2H2O4/c1-3-20-17-10-6-15(7-11-17)13-18-12-14-4-8-16(19-2)9-5-14;3-1(4)2(5)6/h4-11,18H,3,12-13H2,1-2H3;(H,3,4)(H,5,6). The van der Waals surface area contributed by atoms with Gasteiger partial charge in [-0.3, -0.25) is 0 Å². The van der Waals surface area contributed by atoms with Crippen molar-refractivity contribution in [2.45, 2.75) is 20.0 Å². The number of methoxy groups -OCH3 is 1. The molecule has 0 aliphatic heterocycles. The van der Waals surface area contributed by atoms with Crippen molar-refractivity contribution >= 4 is 11.9 Å². The number of rotatable bonds is 7. The van der Waals surface area contributed by atoms with Crippen LogP contribution in [0.1, 0.15) is 18.1 Å². The number of carboxylic acids is 2. The van der Waals surface area contributed by atoms with E-state index in [2.05, 4.69) is 29.6 Å². The molecule has 2 aromatic carbocycles. The van der Waals surface area contributed by atoms with E-state index in [-0.39, 0.29) is 0 Å². The predicted molar refractivity (Wildman–Crippen MR) is 96.4 cm³/mol. The molecule has 0 bridgehead atoms. The molecule has 140 valence electrons. The number of aliphatic carboxylic acids is 2. The fourth-order valence-electron chi connectivity index (χ4n) is 1.96. The normalized spacial score (nSPS) is 9.62. The summed E-state index contributed by atoms with van der Waals surface area (Å²) in [6, 6.07) is 16.3. The van der Waals surface area contributed by atoms with Crippen LogP contribution in [0.4, 0.5) is 0 Å². The summed E-state index contributed by atoms with van der Waals surface area (Å²) in [5.41, 5.74) is 2.50. The summed E-state index contributed by atoms with van der Waals surface area (Å²) < 4.78 is 10.6. The molecule has 0 saturated heterocycles. The number of carbonyl (C=O) groups is 2. The molecule has 0 saturated carbocycles. The lowest BCUT2D eigenvalue weighted by molar-refractivity contribution is -0.159. The highest BCUT2D eigenvalue weighted by atomic mass is 16.5. The zero-order valence-electron chi connectivity index (χ0n) is 14.8. The first-order valence-electron chi connectivity index (χ1n) is 7.97.